The first kappa shape index (κ1) is 11.6. The number of aryl methyl sites for hydroxylation is 1. The van der Waals surface area contributed by atoms with E-state index in [1.807, 2.05) is 6.20 Å². The van der Waals surface area contributed by atoms with E-state index in [-0.39, 0.29) is 0 Å². The Hall–Kier alpha value is -0.830. The minimum atomic E-state index is 0.675. The number of nitrogens with one attached hydrogen (secondary N) is 1. The fourth-order valence-corrected chi connectivity index (χ4v) is 2.18. The van der Waals surface area contributed by atoms with Crippen molar-refractivity contribution in [1.82, 2.24) is 14.9 Å². The second-order valence-corrected chi connectivity index (χ2v) is 4.79. The molecule has 1 saturated carbocycles. The van der Waals surface area contributed by atoms with Crippen molar-refractivity contribution in [3.63, 3.8) is 0 Å². The van der Waals surface area contributed by atoms with Gasteiger partial charge in [-0.2, -0.15) is 0 Å². The Morgan fingerprint density at radius 2 is 2.31 bits per heavy atom. The van der Waals surface area contributed by atoms with Crippen molar-refractivity contribution in [2.75, 3.05) is 0 Å². The second-order valence-electron chi connectivity index (χ2n) is 4.79. The lowest BCUT2D eigenvalue weighted by atomic mass is 10.1. The van der Waals surface area contributed by atoms with Crippen molar-refractivity contribution in [1.29, 1.82) is 0 Å². The van der Waals surface area contributed by atoms with Crippen LogP contribution in [0.3, 0.4) is 0 Å². The number of hydrogen-bond donors (Lipinski definition) is 1. The summed E-state index contributed by atoms with van der Waals surface area (Å²) >= 11 is 0. The summed E-state index contributed by atoms with van der Waals surface area (Å²) < 4.78 is 2.21. The summed E-state index contributed by atoms with van der Waals surface area (Å²) in [4.78, 5) is 4.39. The quantitative estimate of drug-likeness (QED) is 0.767. The summed E-state index contributed by atoms with van der Waals surface area (Å²) in [5.74, 6) is 2.17. The van der Waals surface area contributed by atoms with E-state index in [9.17, 15) is 0 Å². The van der Waals surface area contributed by atoms with E-state index in [4.69, 9.17) is 0 Å². The van der Waals surface area contributed by atoms with Crippen LogP contribution in [-0.4, -0.2) is 15.6 Å². The summed E-state index contributed by atoms with van der Waals surface area (Å²) in [7, 11) is 0. The number of aromatic nitrogens is 2. The maximum absolute atomic E-state index is 4.39. The Kier molecular flexibility index (Phi) is 3.99. The molecule has 0 saturated heterocycles. The third kappa shape index (κ3) is 3.08. The van der Waals surface area contributed by atoms with E-state index in [1.165, 1.54) is 25.7 Å². The summed E-state index contributed by atoms with van der Waals surface area (Å²) in [6.45, 7) is 6.35. The van der Waals surface area contributed by atoms with Gasteiger partial charge in [-0.3, -0.25) is 0 Å². The summed E-state index contributed by atoms with van der Waals surface area (Å²) in [5, 5.41) is 3.63. The molecule has 90 valence electrons. The van der Waals surface area contributed by atoms with Gasteiger partial charge in [0.2, 0.25) is 0 Å². The average molecular weight is 221 g/mol. The van der Waals surface area contributed by atoms with Crippen molar-refractivity contribution in [3.8, 4) is 0 Å². The molecule has 0 aliphatic heterocycles. The number of rotatable bonds is 7. The number of hydrogen-bond acceptors (Lipinski definition) is 2. The van der Waals surface area contributed by atoms with Gasteiger partial charge < -0.3 is 9.88 Å². The van der Waals surface area contributed by atoms with Crippen molar-refractivity contribution in [2.45, 2.75) is 58.7 Å². The molecule has 1 aliphatic carbocycles. The first-order chi connectivity index (χ1) is 7.83. The molecule has 3 heteroatoms. The van der Waals surface area contributed by atoms with Crippen LogP contribution in [0.25, 0.3) is 0 Å². The Morgan fingerprint density at radius 1 is 1.50 bits per heavy atom. The van der Waals surface area contributed by atoms with Gasteiger partial charge >= 0.3 is 0 Å². The van der Waals surface area contributed by atoms with Crippen LogP contribution in [0.15, 0.2) is 12.4 Å². The molecule has 2 rings (SSSR count). The van der Waals surface area contributed by atoms with E-state index in [2.05, 4.69) is 34.9 Å². The van der Waals surface area contributed by atoms with Gasteiger partial charge in [0.05, 0.1) is 6.54 Å². The van der Waals surface area contributed by atoms with Gasteiger partial charge in [-0.1, -0.05) is 19.8 Å². The third-order valence-corrected chi connectivity index (χ3v) is 3.50. The molecule has 1 aromatic rings. The van der Waals surface area contributed by atoms with Gasteiger partial charge in [-0.05, 0) is 25.7 Å². The van der Waals surface area contributed by atoms with Crippen LogP contribution in [0.1, 0.15) is 45.4 Å². The molecule has 1 N–H and O–H groups in total. The zero-order valence-corrected chi connectivity index (χ0v) is 10.4. The van der Waals surface area contributed by atoms with Crippen LogP contribution in [0.4, 0.5) is 0 Å². The SMILES string of the molecule is CCC(CC1CC1)NCc1nccn1CC. The van der Waals surface area contributed by atoms with Crippen LogP contribution in [0.5, 0.6) is 0 Å². The van der Waals surface area contributed by atoms with Crippen LogP contribution in [0.2, 0.25) is 0 Å². The maximum atomic E-state index is 4.39. The Balaban J connectivity index is 1.79. The molecule has 1 fully saturated rings. The lowest BCUT2D eigenvalue weighted by Gasteiger charge is -2.16. The first-order valence-corrected chi connectivity index (χ1v) is 6.56. The molecule has 1 unspecified atom stereocenters. The van der Waals surface area contributed by atoms with E-state index < -0.39 is 0 Å². The Labute approximate surface area is 98.3 Å². The van der Waals surface area contributed by atoms with Crippen molar-refractivity contribution in [3.05, 3.63) is 18.2 Å². The normalized spacial score (nSPS) is 17.6. The van der Waals surface area contributed by atoms with Crippen LogP contribution < -0.4 is 5.32 Å². The zero-order valence-electron chi connectivity index (χ0n) is 10.4. The molecule has 0 radical (unpaired) electrons. The summed E-state index contributed by atoms with van der Waals surface area (Å²) in [6.07, 6.45) is 9.41. The van der Waals surface area contributed by atoms with Gasteiger partial charge in [-0.15, -0.1) is 0 Å². The predicted octanol–water partition coefficient (Wildman–Crippen LogP) is 2.57. The average Bonchev–Trinajstić information content (AvgIpc) is 3.00. The largest absolute Gasteiger partial charge is 0.334 e. The molecule has 0 aromatic carbocycles. The highest BCUT2D eigenvalue weighted by Gasteiger charge is 2.24. The number of nitrogens with zero attached hydrogens (tertiary/aromatic N) is 2. The van der Waals surface area contributed by atoms with Gasteiger partial charge in [0, 0.05) is 25.0 Å². The summed E-state index contributed by atoms with van der Waals surface area (Å²) in [6, 6.07) is 0.675. The highest BCUT2D eigenvalue weighted by atomic mass is 15.1. The smallest absolute Gasteiger partial charge is 0.122 e. The van der Waals surface area contributed by atoms with Gasteiger partial charge in [0.1, 0.15) is 5.82 Å². The lowest BCUT2D eigenvalue weighted by Crippen LogP contribution is -2.29. The molecule has 1 aliphatic rings. The van der Waals surface area contributed by atoms with Crippen LogP contribution in [-0.2, 0) is 13.1 Å². The summed E-state index contributed by atoms with van der Waals surface area (Å²) in [5.41, 5.74) is 0. The van der Waals surface area contributed by atoms with E-state index in [0.717, 1.165) is 24.8 Å². The highest BCUT2D eigenvalue weighted by molar-refractivity contribution is 4.92. The van der Waals surface area contributed by atoms with Gasteiger partial charge in [0.25, 0.3) is 0 Å². The minimum absolute atomic E-state index is 0.675. The van der Waals surface area contributed by atoms with Gasteiger partial charge in [0.15, 0.2) is 0 Å². The molecular formula is C13H23N3. The fourth-order valence-electron chi connectivity index (χ4n) is 2.18. The molecule has 0 spiro atoms. The molecule has 3 nitrogen and oxygen atoms in total. The molecular weight excluding hydrogens is 198 g/mol. The highest BCUT2D eigenvalue weighted by Crippen LogP contribution is 2.34. The standard InChI is InChI=1S/C13H23N3/c1-3-12(9-11-5-6-11)15-10-13-14-7-8-16(13)4-2/h7-8,11-12,15H,3-6,9-10H2,1-2H3. The van der Waals surface area contributed by atoms with Crippen LogP contribution >= 0.6 is 0 Å². The topological polar surface area (TPSA) is 29.9 Å². The monoisotopic (exact) mass is 221 g/mol. The Bertz CT molecular complexity index is 315. The molecule has 1 atom stereocenters. The molecule has 0 amide bonds. The third-order valence-electron chi connectivity index (χ3n) is 3.50. The van der Waals surface area contributed by atoms with Crippen LogP contribution in [0, 0.1) is 5.92 Å². The van der Waals surface area contributed by atoms with E-state index in [0.29, 0.717) is 6.04 Å². The minimum Gasteiger partial charge on any atom is -0.334 e. The first-order valence-electron chi connectivity index (χ1n) is 6.56. The van der Waals surface area contributed by atoms with E-state index in [1.54, 1.807) is 0 Å². The number of imidazole rings is 1. The maximum Gasteiger partial charge on any atom is 0.122 e. The molecule has 0 bridgehead atoms. The molecule has 1 heterocycles. The van der Waals surface area contributed by atoms with E-state index >= 15 is 0 Å². The van der Waals surface area contributed by atoms with Crippen molar-refractivity contribution < 1.29 is 0 Å². The lowest BCUT2D eigenvalue weighted by molar-refractivity contribution is 0.434. The second kappa shape index (κ2) is 5.48. The predicted molar refractivity (Wildman–Crippen MR) is 66.2 cm³/mol. The van der Waals surface area contributed by atoms with Crippen molar-refractivity contribution >= 4 is 0 Å². The molecule has 16 heavy (non-hydrogen) atoms. The Morgan fingerprint density at radius 3 is 2.94 bits per heavy atom. The van der Waals surface area contributed by atoms with Crippen molar-refractivity contribution in [2.24, 2.45) is 5.92 Å². The zero-order chi connectivity index (χ0) is 11.4. The van der Waals surface area contributed by atoms with Gasteiger partial charge in [-0.25, -0.2) is 4.98 Å². The molecule has 1 aromatic heterocycles. The fraction of sp³-hybridized carbons (Fsp3) is 0.769.